The minimum Gasteiger partial charge on any atom is -0.383 e. The normalized spacial score (nSPS) is 14.6. The molecule has 1 atom stereocenters. The lowest BCUT2D eigenvalue weighted by Crippen LogP contribution is -2.59. The predicted octanol–water partition coefficient (Wildman–Crippen LogP) is 1.73. The molecule has 1 N–H and O–H groups in total. The first-order chi connectivity index (χ1) is 7.04. The van der Waals surface area contributed by atoms with E-state index in [0.29, 0.717) is 6.04 Å². The predicted molar refractivity (Wildman–Crippen MR) is 66.3 cm³/mol. The first-order valence-electron chi connectivity index (χ1n) is 6.01. The standard InChI is InChI=1S/C12H28N2O/c1-7-13-11(10-15-6)12(4,5)14(8-2)9-3/h11,13H,7-10H2,1-6H3. The molecular weight excluding hydrogens is 188 g/mol. The monoisotopic (exact) mass is 216 g/mol. The fourth-order valence-electron chi connectivity index (χ4n) is 2.18. The second kappa shape index (κ2) is 7.20. The Hall–Kier alpha value is -0.120. The molecule has 0 saturated carbocycles. The summed E-state index contributed by atoms with van der Waals surface area (Å²) >= 11 is 0. The van der Waals surface area contributed by atoms with Gasteiger partial charge in [0.2, 0.25) is 0 Å². The van der Waals surface area contributed by atoms with Crippen LogP contribution in [-0.2, 0) is 4.74 Å². The van der Waals surface area contributed by atoms with Crippen LogP contribution in [0.5, 0.6) is 0 Å². The van der Waals surface area contributed by atoms with Crippen LogP contribution in [0.2, 0.25) is 0 Å². The number of hydrogen-bond donors (Lipinski definition) is 1. The maximum Gasteiger partial charge on any atom is 0.0633 e. The van der Waals surface area contributed by atoms with Crippen molar-refractivity contribution in [3.8, 4) is 0 Å². The molecule has 0 aromatic heterocycles. The summed E-state index contributed by atoms with van der Waals surface area (Å²) < 4.78 is 5.29. The van der Waals surface area contributed by atoms with Gasteiger partial charge in [0.15, 0.2) is 0 Å². The van der Waals surface area contributed by atoms with Gasteiger partial charge in [-0.2, -0.15) is 0 Å². The highest BCUT2D eigenvalue weighted by molar-refractivity contribution is 4.92. The van der Waals surface area contributed by atoms with E-state index in [1.807, 2.05) is 0 Å². The molecule has 1 unspecified atom stereocenters. The van der Waals surface area contributed by atoms with Crippen molar-refractivity contribution in [2.75, 3.05) is 33.4 Å². The second-order valence-corrected chi connectivity index (χ2v) is 4.39. The highest BCUT2D eigenvalue weighted by atomic mass is 16.5. The first kappa shape index (κ1) is 14.9. The molecule has 0 aromatic carbocycles. The lowest BCUT2D eigenvalue weighted by atomic mass is 9.92. The Kier molecular flexibility index (Phi) is 7.14. The van der Waals surface area contributed by atoms with Crippen molar-refractivity contribution in [1.82, 2.24) is 10.2 Å². The summed E-state index contributed by atoms with van der Waals surface area (Å²) in [6.45, 7) is 15.0. The molecule has 0 fully saturated rings. The number of nitrogens with one attached hydrogen (secondary N) is 1. The van der Waals surface area contributed by atoms with Gasteiger partial charge in [0.05, 0.1) is 6.61 Å². The number of hydrogen-bond acceptors (Lipinski definition) is 3. The molecule has 3 heteroatoms. The molecule has 15 heavy (non-hydrogen) atoms. The molecule has 0 aliphatic rings. The van der Waals surface area contributed by atoms with E-state index in [1.54, 1.807) is 7.11 Å². The third-order valence-corrected chi connectivity index (χ3v) is 3.22. The Labute approximate surface area is 95.2 Å². The smallest absolute Gasteiger partial charge is 0.0633 e. The minimum atomic E-state index is 0.134. The largest absolute Gasteiger partial charge is 0.383 e. The zero-order valence-corrected chi connectivity index (χ0v) is 11.3. The van der Waals surface area contributed by atoms with E-state index in [0.717, 1.165) is 26.2 Å². The summed E-state index contributed by atoms with van der Waals surface area (Å²) in [5, 5.41) is 3.51. The van der Waals surface area contributed by atoms with Crippen LogP contribution >= 0.6 is 0 Å². The third-order valence-electron chi connectivity index (χ3n) is 3.22. The minimum absolute atomic E-state index is 0.134. The molecule has 92 valence electrons. The summed E-state index contributed by atoms with van der Waals surface area (Å²) in [6.07, 6.45) is 0. The van der Waals surface area contributed by atoms with Crippen LogP contribution in [0.25, 0.3) is 0 Å². The molecule has 0 aromatic rings. The molecule has 0 bridgehead atoms. The van der Waals surface area contributed by atoms with Gasteiger partial charge in [-0.1, -0.05) is 20.8 Å². The molecular formula is C12H28N2O. The van der Waals surface area contributed by atoms with Gasteiger partial charge in [0.25, 0.3) is 0 Å². The number of likely N-dealkylation sites (N-methyl/N-ethyl adjacent to an activating group) is 2. The second-order valence-electron chi connectivity index (χ2n) is 4.39. The molecule has 0 aliphatic carbocycles. The van der Waals surface area contributed by atoms with E-state index in [2.05, 4.69) is 44.8 Å². The Morgan fingerprint density at radius 2 is 1.73 bits per heavy atom. The fraction of sp³-hybridized carbons (Fsp3) is 1.00. The zero-order valence-electron chi connectivity index (χ0n) is 11.3. The van der Waals surface area contributed by atoms with Crippen molar-refractivity contribution >= 4 is 0 Å². The molecule has 0 heterocycles. The third kappa shape index (κ3) is 4.09. The van der Waals surface area contributed by atoms with E-state index in [9.17, 15) is 0 Å². The van der Waals surface area contributed by atoms with Crippen molar-refractivity contribution < 1.29 is 4.74 Å². The summed E-state index contributed by atoms with van der Waals surface area (Å²) in [5.74, 6) is 0. The SMILES string of the molecule is CCNC(COC)C(C)(C)N(CC)CC. The molecule has 0 rings (SSSR count). The Bertz CT molecular complexity index is 150. The Morgan fingerprint density at radius 3 is 2.07 bits per heavy atom. The van der Waals surface area contributed by atoms with E-state index in [1.165, 1.54) is 0 Å². The van der Waals surface area contributed by atoms with Gasteiger partial charge in [-0.05, 0) is 33.5 Å². The molecule has 3 nitrogen and oxygen atoms in total. The maximum absolute atomic E-state index is 5.29. The van der Waals surface area contributed by atoms with E-state index < -0.39 is 0 Å². The summed E-state index contributed by atoms with van der Waals surface area (Å²) in [4.78, 5) is 2.47. The van der Waals surface area contributed by atoms with Gasteiger partial charge in [-0.15, -0.1) is 0 Å². The van der Waals surface area contributed by atoms with E-state index in [4.69, 9.17) is 4.74 Å². The highest BCUT2D eigenvalue weighted by Gasteiger charge is 2.33. The molecule has 0 saturated heterocycles. The highest BCUT2D eigenvalue weighted by Crippen LogP contribution is 2.19. The van der Waals surface area contributed by atoms with Crippen molar-refractivity contribution in [2.24, 2.45) is 0 Å². The van der Waals surface area contributed by atoms with Crippen molar-refractivity contribution in [3.63, 3.8) is 0 Å². The van der Waals surface area contributed by atoms with Crippen molar-refractivity contribution in [1.29, 1.82) is 0 Å². The van der Waals surface area contributed by atoms with Crippen molar-refractivity contribution in [3.05, 3.63) is 0 Å². The fourth-order valence-corrected chi connectivity index (χ4v) is 2.18. The van der Waals surface area contributed by atoms with Crippen LogP contribution in [0.15, 0.2) is 0 Å². The van der Waals surface area contributed by atoms with E-state index >= 15 is 0 Å². The lowest BCUT2D eigenvalue weighted by molar-refractivity contribution is 0.0474. The van der Waals surface area contributed by atoms with Crippen LogP contribution in [0.4, 0.5) is 0 Å². The Balaban J connectivity index is 4.58. The molecule has 0 spiro atoms. The van der Waals surface area contributed by atoms with Crippen LogP contribution in [0.3, 0.4) is 0 Å². The first-order valence-corrected chi connectivity index (χ1v) is 6.01. The van der Waals surface area contributed by atoms with Gasteiger partial charge in [-0.25, -0.2) is 0 Å². The number of methoxy groups -OCH3 is 1. The van der Waals surface area contributed by atoms with Crippen LogP contribution in [0.1, 0.15) is 34.6 Å². The summed E-state index contributed by atoms with van der Waals surface area (Å²) in [5.41, 5.74) is 0.134. The number of ether oxygens (including phenoxy) is 1. The molecule has 0 radical (unpaired) electrons. The topological polar surface area (TPSA) is 24.5 Å². The van der Waals surface area contributed by atoms with Gasteiger partial charge in [0.1, 0.15) is 0 Å². The average Bonchev–Trinajstić information content (AvgIpc) is 2.19. The van der Waals surface area contributed by atoms with Crippen LogP contribution in [-0.4, -0.2) is 49.8 Å². The molecule has 0 aliphatic heterocycles. The van der Waals surface area contributed by atoms with E-state index in [-0.39, 0.29) is 5.54 Å². The van der Waals surface area contributed by atoms with Crippen LogP contribution in [0, 0.1) is 0 Å². The van der Waals surface area contributed by atoms with Gasteiger partial charge < -0.3 is 10.1 Å². The van der Waals surface area contributed by atoms with Crippen molar-refractivity contribution in [2.45, 2.75) is 46.2 Å². The zero-order chi connectivity index (χ0) is 11.9. The van der Waals surface area contributed by atoms with Gasteiger partial charge >= 0.3 is 0 Å². The average molecular weight is 216 g/mol. The number of rotatable bonds is 8. The number of nitrogens with zero attached hydrogens (tertiary/aromatic N) is 1. The maximum atomic E-state index is 5.29. The van der Waals surface area contributed by atoms with Gasteiger partial charge in [-0.3, -0.25) is 4.90 Å². The summed E-state index contributed by atoms with van der Waals surface area (Å²) in [7, 11) is 1.77. The molecule has 0 amide bonds. The van der Waals surface area contributed by atoms with Gasteiger partial charge in [0, 0.05) is 18.7 Å². The summed E-state index contributed by atoms with van der Waals surface area (Å²) in [6, 6.07) is 0.382. The Morgan fingerprint density at radius 1 is 1.20 bits per heavy atom. The quantitative estimate of drug-likeness (QED) is 0.669. The van der Waals surface area contributed by atoms with Crippen LogP contribution < -0.4 is 5.32 Å². The lowest BCUT2D eigenvalue weighted by Gasteiger charge is -2.43.